The fourth-order valence-electron chi connectivity index (χ4n) is 1.91. The summed E-state index contributed by atoms with van der Waals surface area (Å²) in [5, 5.41) is 2.77. The molecular weight excluding hydrogens is 216 g/mol. The van der Waals surface area contributed by atoms with Crippen LogP contribution in [0, 0.1) is 0 Å². The molecule has 0 aliphatic carbocycles. The van der Waals surface area contributed by atoms with Gasteiger partial charge in [-0.3, -0.25) is 0 Å². The molecule has 1 heterocycles. The summed E-state index contributed by atoms with van der Waals surface area (Å²) in [5.41, 5.74) is 0. The fourth-order valence-corrected chi connectivity index (χ4v) is 1.91. The minimum atomic E-state index is -0.0272. The van der Waals surface area contributed by atoms with Crippen LogP contribution in [0.4, 0.5) is 4.79 Å². The summed E-state index contributed by atoms with van der Waals surface area (Å²) in [6.07, 6.45) is 3.43. The number of ether oxygens (including phenoxy) is 1. The zero-order valence-electron chi connectivity index (χ0n) is 9.89. The molecule has 17 heavy (non-hydrogen) atoms. The lowest BCUT2D eigenvalue weighted by molar-refractivity contribution is 0.174. The van der Waals surface area contributed by atoms with Crippen LogP contribution in [0.25, 0.3) is 0 Å². The first-order valence-corrected chi connectivity index (χ1v) is 6.07. The van der Waals surface area contributed by atoms with Gasteiger partial charge in [0.15, 0.2) is 6.73 Å². The molecule has 0 unspecified atom stereocenters. The van der Waals surface area contributed by atoms with Gasteiger partial charge in [0.2, 0.25) is 0 Å². The van der Waals surface area contributed by atoms with Crippen LogP contribution in [0.3, 0.4) is 0 Å². The third-order valence-electron chi connectivity index (χ3n) is 2.85. The Morgan fingerprint density at radius 1 is 1.18 bits per heavy atom. The van der Waals surface area contributed by atoms with Gasteiger partial charge in [0.25, 0.3) is 0 Å². The number of urea groups is 1. The van der Waals surface area contributed by atoms with Crippen molar-refractivity contribution in [2.24, 2.45) is 0 Å². The van der Waals surface area contributed by atoms with Gasteiger partial charge in [0.05, 0.1) is 0 Å². The summed E-state index contributed by atoms with van der Waals surface area (Å²) in [5.74, 6) is 0.770. The van der Waals surface area contributed by atoms with Crippen LogP contribution >= 0.6 is 0 Å². The van der Waals surface area contributed by atoms with Crippen LogP contribution in [0.2, 0.25) is 0 Å². The molecule has 0 atom stereocenters. The molecule has 1 aromatic carbocycles. The molecule has 0 aromatic heterocycles. The Morgan fingerprint density at radius 2 is 1.88 bits per heavy atom. The van der Waals surface area contributed by atoms with Crippen LogP contribution < -0.4 is 10.1 Å². The predicted octanol–water partition coefficient (Wildman–Crippen LogP) is 2.22. The number of carbonyl (C=O) groups excluding carboxylic acids is 1. The van der Waals surface area contributed by atoms with Crippen molar-refractivity contribution in [2.75, 3.05) is 19.8 Å². The molecule has 1 aliphatic rings. The van der Waals surface area contributed by atoms with Crippen molar-refractivity contribution in [3.63, 3.8) is 0 Å². The van der Waals surface area contributed by atoms with Gasteiger partial charge in [-0.15, -0.1) is 0 Å². The van der Waals surface area contributed by atoms with Crippen LogP contribution in [-0.4, -0.2) is 30.8 Å². The number of amides is 2. The number of nitrogens with zero attached hydrogens (tertiary/aromatic N) is 1. The molecule has 1 aromatic rings. The highest BCUT2D eigenvalue weighted by Crippen LogP contribution is 2.09. The summed E-state index contributed by atoms with van der Waals surface area (Å²) >= 11 is 0. The Balaban J connectivity index is 1.69. The van der Waals surface area contributed by atoms with E-state index in [1.807, 2.05) is 35.2 Å². The maximum absolute atomic E-state index is 11.7. The predicted molar refractivity (Wildman–Crippen MR) is 65.9 cm³/mol. The quantitative estimate of drug-likeness (QED) is 0.815. The van der Waals surface area contributed by atoms with Crippen molar-refractivity contribution in [3.8, 4) is 5.75 Å². The number of rotatable bonds is 3. The minimum Gasteiger partial charge on any atom is -0.473 e. The summed E-state index contributed by atoms with van der Waals surface area (Å²) in [6.45, 7) is 1.94. The summed E-state index contributed by atoms with van der Waals surface area (Å²) in [4.78, 5) is 13.6. The fraction of sp³-hybridized carbons (Fsp3) is 0.462. The second-order valence-corrected chi connectivity index (χ2v) is 4.13. The molecular formula is C13H18N2O2. The van der Waals surface area contributed by atoms with Gasteiger partial charge >= 0.3 is 6.03 Å². The molecule has 0 radical (unpaired) electrons. The molecule has 2 amide bonds. The highest BCUT2D eigenvalue weighted by molar-refractivity contribution is 5.74. The van der Waals surface area contributed by atoms with Crippen LogP contribution in [0.5, 0.6) is 5.75 Å². The number of hydrogen-bond donors (Lipinski definition) is 1. The van der Waals surface area contributed by atoms with E-state index in [0.717, 1.165) is 31.7 Å². The molecule has 2 rings (SSSR count). The van der Waals surface area contributed by atoms with Gasteiger partial charge in [-0.05, 0) is 31.4 Å². The van der Waals surface area contributed by atoms with E-state index in [0.29, 0.717) is 0 Å². The first kappa shape index (κ1) is 11.8. The van der Waals surface area contributed by atoms with Crippen molar-refractivity contribution in [1.82, 2.24) is 10.2 Å². The van der Waals surface area contributed by atoms with E-state index in [1.165, 1.54) is 6.42 Å². The largest absolute Gasteiger partial charge is 0.473 e. The normalized spacial score (nSPS) is 15.4. The average molecular weight is 234 g/mol. The van der Waals surface area contributed by atoms with Crippen LogP contribution in [0.1, 0.15) is 19.3 Å². The number of benzene rings is 1. The molecule has 0 saturated carbocycles. The Bertz CT molecular complexity index is 348. The van der Waals surface area contributed by atoms with E-state index in [-0.39, 0.29) is 12.8 Å². The van der Waals surface area contributed by atoms with Gasteiger partial charge in [-0.2, -0.15) is 0 Å². The highest BCUT2D eigenvalue weighted by atomic mass is 16.5. The maximum atomic E-state index is 11.7. The lowest BCUT2D eigenvalue weighted by Crippen LogP contribution is -2.43. The average Bonchev–Trinajstić information content (AvgIpc) is 2.41. The summed E-state index contributed by atoms with van der Waals surface area (Å²) < 4.78 is 5.41. The molecule has 4 heteroatoms. The number of likely N-dealkylation sites (tertiary alicyclic amines) is 1. The first-order chi connectivity index (χ1) is 8.36. The topological polar surface area (TPSA) is 41.6 Å². The van der Waals surface area contributed by atoms with Crippen LogP contribution in [0.15, 0.2) is 30.3 Å². The Morgan fingerprint density at radius 3 is 2.59 bits per heavy atom. The first-order valence-electron chi connectivity index (χ1n) is 6.07. The molecule has 1 fully saturated rings. The van der Waals surface area contributed by atoms with Gasteiger partial charge in [-0.25, -0.2) is 4.79 Å². The van der Waals surface area contributed by atoms with E-state index in [4.69, 9.17) is 4.74 Å². The van der Waals surface area contributed by atoms with E-state index in [9.17, 15) is 4.79 Å². The second-order valence-electron chi connectivity index (χ2n) is 4.13. The number of nitrogens with one attached hydrogen (secondary N) is 1. The summed E-state index contributed by atoms with van der Waals surface area (Å²) in [6, 6.07) is 9.45. The van der Waals surface area contributed by atoms with E-state index < -0.39 is 0 Å². The smallest absolute Gasteiger partial charge is 0.320 e. The number of para-hydroxylation sites is 1. The Hall–Kier alpha value is -1.71. The van der Waals surface area contributed by atoms with Crippen molar-refractivity contribution >= 4 is 6.03 Å². The zero-order valence-corrected chi connectivity index (χ0v) is 9.89. The van der Waals surface area contributed by atoms with Crippen LogP contribution in [-0.2, 0) is 0 Å². The molecule has 92 valence electrons. The van der Waals surface area contributed by atoms with Gasteiger partial charge < -0.3 is 15.0 Å². The number of carbonyl (C=O) groups is 1. The highest BCUT2D eigenvalue weighted by Gasteiger charge is 2.15. The zero-order chi connectivity index (χ0) is 11.9. The van der Waals surface area contributed by atoms with Crippen molar-refractivity contribution in [2.45, 2.75) is 19.3 Å². The lowest BCUT2D eigenvalue weighted by Gasteiger charge is -2.26. The third kappa shape index (κ3) is 3.66. The molecule has 0 bridgehead atoms. The van der Waals surface area contributed by atoms with Crippen molar-refractivity contribution in [1.29, 1.82) is 0 Å². The molecule has 1 N–H and O–H groups in total. The Labute approximate surface area is 102 Å². The van der Waals surface area contributed by atoms with Gasteiger partial charge in [0.1, 0.15) is 5.75 Å². The molecule has 4 nitrogen and oxygen atoms in total. The van der Waals surface area contributed by atoms with E-state index in [1.54, 1.807) is 0 Å². The SMILES string of the molecule is O=C(NCOc1ccccc1)N1CCCCC1. The van der Waals surface area contributed by atoms with Gasteiger partial charge in [-0.1, -0.05) is 18.2 Å². The minimum absolute atomic E-state index is 0.0272. The summed E-state index contributed by atoms with van der Waals surface area (Å²) in [7, 11) is 0. The number of hydrogen-bond acceptors (Lipinski definition) is 2. The standard InChI is InChI=1S/C13H18N2O2/c16-13(15-9-5-2-6-10-15)14-11-17-12-7-3-1-4-8-12/h1,3-4,7-8H,2,5-6,9-11H2,(H,14,16). The van der Waals surface area contributed by atoms with Gasteiger partial charge in [0, 0.05) is 13.1 Å². The molecule has 1 aliphatic heterocycles. The maximum Gasteiger partial charge on any atom is 0.320 e. The number of piperidine rings is 1. The molecule has 0 spiro atoms. The van der Waals surface area contributed by atoms with E-state index >= 15 is 0 Å². The Kier molecular flexibility index (Phi) is 4.24. The second kappa shape index (κ2) is 6.13. The van der Waals surface area contributed by atoms with Crippen molar-refractivity contribution in [3.05, 3.63) is 30.3 Å². The molecule has 1 saturated heterocycles. The lowest BCUT2D eigenvalue weighted by atomic mass is 10.1. The van der Waals surface area contributed by atoms with E-state index in [2.05, 4.69) is 5.32 Å². The monoisotopic (exact) mass is 234 g/mol. The third-order valence-corrected chi connectivity index (χ3v) is 2.85. The van der Waals surface area contributed by atoms with Crippen molar-refractivity contribution < 1.29 is 9.53 Å².